The second-order valence-corrected chi connectivity index (χ2v) is 4.70. The van der Waals surface area contributed by atoms with Crippen molar-refractivity contribution in [2.24, 2.45) is 11.7 Å². The standard InChI is InChI=1S/C13H15F3N2O.ClH/c14-13(15,16)10-4-2-1-3-9(10)12(19)18-11(7-17)8-5-6-8;/h1-4,8,11H,5-7,17H2,(H,18,19);1H. The Hall–Kier alpha value is -1.27. The molecular formula is C13H16ClF3N2O. The minimum Gasteiger partial charge on any atom is -0.348 e. The second kappa shape index (κ2) is 6.45. The molecule has 1 amide bonds. The molecule has 0 saturated heterocycles. The Bertz CT molecular complexity index is 475. The Balaban J connectivity index is 0.00000200. The Morgan fingerprint density at radius 2 is 1.95 bits per heavy atom. The number of nitrogens with one attached hydrogen (secondary N) is 1. The SMILES string of the molecule is Cl.NCC(NC(=O)c1ccccc1C(F)(F)F)C1CC1. The van der Waals surface area contributed by atoms with E-state index in [0.29, 0.717) is 5.92 Å². The van der Waals surface area contributed by atoms with Crippen LogP contribution in [-0.4, -0.2) is 18.5 Å². The van der Waals surface area contributed by atoms with Crippen LogP contribution in [0.2, 0.25) is 0 Å². The maximum atomic E-state index is 12.8. The van der Waals surface area contributed by atoms with Gasteiger partial charge in [-0.25, -0.2) is 0 Å². The van der Waals surface area contributed by atoms with Gasteiger partial charge in [-0.15, -0.1) is 12.4 Å². The zero-order chi connectivity index (χ0) is 14.0. The van der Waals surface area contributed by atoms with Crippen LogP contribution in [0, 0.1) is 5.92 Å². The largest absolute Gasteiger partial charge is 0.417 e. The third kappa shape index (κ3) is 3.86. The number of benzene rings is 1. The molecule has 0 radical (unpaired) electrons. The third-order valence-corrected chi connectivity index (χ3v) is 3.24. The normalized spacial score (nSPS) is 16.2. The van der Waals surface area contributed by atoms with Gasteiger partial charge < -0.3 is 11.1 Å². The number of amides is 1. The van der Waals surface area contributed by atoms with E-state index >= 15 is 0 Å². The van der Waals surface area contributed by atoms with Crippen LogP contribution in [-0.2, 0) is 6.18 Å². The van der Waals surface area contributed by atoms with Gasteiger partial charge in [0.25, 0.3) is 5.91 Å². The summed E-state index contributed by atoms with van der Waals surface area (Å²) in [7, 11) is 0. The predicted octanol–water partition coefficient (Wildman–Crippen LogP) is 2.59. The Morgan fingerprint density at radius 1 is 1.35 bits per heavy atom. The quantitative estimate of drug-likeness (QED) is 0.898. The van der Waals surface area contributed by atoms with Crippen molar-refractivity contribution in [3.05, 3.63) is 35.4 Å². The molecule has 0 heterocycles. The first kappa shape index (κ1) is 16.8. The fraction of sp³-hybridized carbons (Fsp3) is 0.462. The van der Waals surface area contributed by atoms with Crippen LogP contribution in [0.3, 0.4) is 0 Å². The van der Waals surface area contributed by atoms with Gasteiger partial charge in [-0.05, 0) is 30.9 Å². The first-order valence-electron chi connectivity index (χ1n) is 6.10. The lowest BCUT2D eigenvalue weighted by atomic mass is 10.1. The summed E-state index contributed by atoms with van der Waals surface area (Å²) >= 11 is 0. The minimum absolute atomic E-state index is 0. The van der Waals surface area contributed by atoms with Gasteiger partial charge in [0.15, 0.2) is 0 Å². The van der Waals surface area contributed by atoms with Gasteiger partial charge in [-0.1, -0.05) is 12.1 Å². The summed E-state index contributed by atoms with van der Waals surface area (Å²) in [6.45, 7) is 0.241. The Kier molecular flexibility index (Phi) is 5.42. The number of carbonyl (C=O) groups is 1. The fourth-order valence-corrected chi connectivity index (χ4v) is 2.04. The number of hydrogen-bond acceptors (Lipinski definition) is 2. The van der Waals surface area contributed by atoms with Crippen LogP contribution in [0.15, 0.2) is 24.3 Å². The summed E-state index contributed by atoms with van der Waals surface area (Å²) in [6, 6.07) is 4.52. The smallest absolute Gasteiger partial charge is 0.348 e. The van der Waals surface area contributed by atoms with Crippen molar-refractivity contribution in [3.8, 4) is 0 Å². The van der Waals surface area contributed by atoms with Crippen LogP contribution < -0.4 is 11.1 Å². The first-order valence-corrected chi connectivity index (χ1v) is 6.10. The van der Waals surface area contributed by atoms with Gasteiger partial charge in [-0.2, -0.15) is 13.2 Å². The molecule has 112 valence electrons. The predicted molar refractivity (Wildman–Crippen MR) is 71.7 cm³/mol. The summed E-state index contributed by atoms with van der Waals surface area (Å²) in [6.07, 6.45) is -2.61. The summed E-state index contributed by atoms with van der Waals surface area (Å²) in [5.41, 5.74) is 4.26. The average molecular weight is 309 g/mol. The summed E-state index contributed by atoms with van der Waals surface area (Å²) in [4.78, 5) is 11.9. The number of halogens is 4. The van der Waals surface area contributed by atoms with Crippen LogP contribution in [0.4, 0.5) is 13.2 Å². The van der Waals surface area contributed by atoms with E-state index < -0.39 is 17.6 Å². The molecule has 7 heteroatoms. The van der Waals surface area contributed by atoms with E-state index in [9.17, 15) is 18.0 Å². The molecule has 1 fully saturated rings. The van der Waals surface area contributed by atoms with Crippen molar-refractivity contribution in [2.75, 3.05) is 6.54 Å². The second-order valence-electron chi connectivity index (χ2n) is 4.70. The number of rotatable bonds is 4. The summed E-state index contributed by atoms with van der Waals surface area (Å²) < 4.78 is 38.4. The van der Waals surface area contributed by atoms with Crippen molar-refractivity contribution in [1.82, 2.24) is 5.32 Å². The molecule has 1 aromatic rings. The van der Waals surface area contributed by atoms with Gasteiger partial charge in [0.1, 0.15) is 0 Å². The van der Waals surface area contributed by atoms with Gasteiger partial charge in [0.2, 0.25) is 0 Å². The van der Waals surface area contributed by atoms with Gasteiger partial charge in [-0.3, -0.25) is 4.79 Å². The molecule has 1 aliphatic carbocycles. The van der Waals surface area contributed by atoms with E-state index in [1.807, 2.05) is 0 Å². The minimum atomic E-state index is -4.54. The van der Waals surface area contributed by atoms with Crippen LogP contribution in [0.5, 0.6) is 0 Å². The van der Waals surface area contributed by atoms with E-state index in [4.69, 9.17) is 5.73 Å². The Morgan fingerprint density at radius 3 is 2.45 bits per heavy atom. The number of nitrogens with two attached hydrogens (primary N) is 1. The van der Waals surface area contributed by atoms with E-state index in [0.717, 1.165) is 18.9 Å². The van der Waals surface area contributed by atoms with Crippen molar-refractivity contribution in [3.63, 3.8) is 0 Å². The maximum absolute atomic E-state index is 12.8. The highest BCUT2D eigenvalue weighted by atomic mass is 35.5. The molecular weight excluding hydrogens is 293 g/mol. The molecule has 1 aromatic carbocycles. The highest BCUT2D eigenvalue weighted by molar-refractivity contribution is 5.96. The number of hydrogen-bond donors (Lipinski definition) is 2. The molecule has 3 nitrogen and oxygen atoms in total. The number of carbonyl (C=O) groups excluding carboxylic acids is 1. The average Bonchev–Trinajstić information content (AvgIpc) is 3.19. The van der Waals surface area contributed by atoms with Crippen molar-refractivity contribution in [1.29, 1.82) is 0 Å². The van der Waals surface area contributed by atoms with E-state index in [2.05, 4.69) is 5.32 Å². The van der Waals surface area contributed by atoms with E-state index in [-0.39, 0.29) is 30.6 Å². The molecule has 0 aromatic heterocycles. The van der Waals surface area contributed by atoms with Crippen molar-refractivity contribution in [2.45, 2.75) is 25.1 Å². The fourth-order valence-electron chi connectivity index (χ4n) is 2.04. The lowest BCUT2D eigenvalue weighted by molar-refractivity contribution is -0.137. The summed E-state index contributed by atoms with van der Waals surface area (Å²) in [5.74, 6) is -0.415. The van der Waals surface area contributed by atoms with E-state index in [1.165, 1.54) is 18.2 Å². The van der Waals surface area contributed by atoms with Gasteiger partial charge in [0.05, 0.1) is 11.1 Å². The monoisotopic (exact) mass is 308 g/mol. The highest BCUT2D eigenvalue weighted by Gasteiger charge is 2.36. The summed E-state index contributed by atoms with van der Waals surface area (Å²) in [5, 5.41) is 2.59. The van der Waals surface area contributed by atoms with Crippen LogP contribution >= 0.6 is 12.4 Å². The van der Waals surface area contributed by atoms with E-state index in [1.54, 1.807) is 0 Å². The lowest BCUT2D eigenvalue weighted by Crippen LogP contribution is -2.42. The molecule has 0 aliphatic heterocycles. The van der Waals surface area contributed by atoms with Crippen LogP contribution in [0.1, 0.15) is 28.8 Å². The lowest BCUT2D eigenvalue weighted by Gasteiger charge is -2.18. The molecule has 2 rings (SSSR count). The zero-order valence-corrected chi connectivity index (χ0v) is 11.4. The molecule has 0 bridgehead atoms. The highest BCUT2D eigenvalue weighted by Crippen LogP contribution is 2.34. The van der Waals surface area contributed by atoms with Crippen LogP contribution in [0.25, 0.3) is 0 Å². The van der Waals surface area contributed by atoms with Crippen molar-refractivity contribution >= 4 is 18.3 Å². The molecule has 3 N–H and O–H groups in total. The Labute approximate surface area is 121 Å². The molecule has 1 aliphatic rings. The zero-order valence-electron chi connectivity index (χ0n) is 10.6. The number of alkyl halides is 3. The van der Waals surface area contributed by atoms with Gasteiger partial charge >= 0.3 is 6.18 Å². The topological polar surface area (TPSA) is 55.1 Å². The molecule has 1 atom stereocenters. The molecule has 1 unspecified atom stereocenters. The van der Waals surface area contributed by atoms with Gasteiger partial charge in [0, 0.05) is 12.6 Å². The molecule has 1 saturated carbocycles. The maximum Gasteiger partial charge on any atom is 0.417 e. The van der Waals surface area contributed by atoms with Crippen molar-refractivity contribution < 1.29 is 18.0 Å². The molecule has 20 heavy (non-hydrogen) atoms. The third-order valence-electron chi connectivity index (χ3n) is 3.24. The first-order chi connectivity index (χ1) is 8.93. The molecule has 0 spiro atoms.